The molecule has 40 heavy (non-hydrogen) atoms. The van der Waals surface area contributed by atoms with Crippen LogP contribution in [0.3, 0.4) is 0 Å². The van der Waals surface area contributed by atoms with Gasteiger partial charge in [0.2, 0.25) is 0 Å². The second-order valence-corrected chi connectivity index (χ2v) is 10.5. The maximum absolute atomic E-state index is 13.1. The van der Waals surface area contributed by atoms with Crippen LogP contribution in [0.4, 0.5) is 27.3 Å². The van der Waals surface area contributed by atoms with Gasteiger partial charge in [-0.3, -0.25) is 0 Å². The number of ether oxygens (including phenoxy) is 1. The minimum Gasteiger partial charge on any atom is -0.449 e. The van der Waals surface area contributed by atoms with E-state index in [-0.39, 0.29) is 101 Å². The molecule has 0 spiro atoms. The molecule has 0 atom stereocenters. The van der Waals surface area contributed by atoms with E-state index in [1.54, 1.807) is 4.90 Å². The van der Waals surface area contributed by atoms with Crippen LogP contribution < -0.4 is 60.5 Å². The molecule has 1 aliphatic heterocycles. The largest absolute Gasteiger partial charge is 1.00 e. The van der Waals surface area contributed by atoms with E-state index >= 15 is 0 Å². The van der Waals surface area contributed by atoms with Gasteiger partial charge in [0, 0.05) is 43.9 Å². The van der Waals surface area contributed by atoms with Gasteiger partial charge in [0.05, 0.1) is 0 Å². The predicted molar refractivity (Wildman–Crippen MR) is 139 cm³/mol. The number of carbonyl (C=O) groups excluding carboxylic acids is 1. The van der Waals surface area contributed by atoms with Gasteiger partial charge >= 0.3 is 75.0 Å². The molecule has 0 radical (unpaired) electrons. The molecule has 1 heterocycles. The van der Waals surface area contributed by atoms with Crippen LogP contribution in [0.5, 0.6) is 5.75 Å². The van der Waals surface area contributed by atoms with Gasteiger partial charge in [-0.05, 0) is 34.4 Å². The molecule has 5 rings (SSSR count). The summed E-state index contributed by atoms with van der Waals surface area (Å²) in [4.78, 5) is 16.1. The number of halogens is 4. The zero-order valence-electron chi connectivity index (χ0n) is 21.6. The third-order valence-corrected chi connectivity index (χ3v) is 7.24. The monoisotopic (exact) mass is 602 g/mol. The third-order valence-electron chi connectivity index (χ3n) is 6.85. The maximum Gasteiger partial charge on any atom is 1.00 e. The van der Waals surface area contributed by atoms with Crippen molar-refractivity contribution in [1.82, 2.24) is 4.90 Å². The smallest absolute Gasteiger partial charge is 0.449 e. The Morgan fingerprint density at radius 2 is 1.48 bits per heavy atom. The van der Waals surface area contributed by atoms with Gasteiger partial charge in [-0.15, -0.1) is 0 Å². The van der Waals surface area contributed by atoms with Crippen molar-refractivity contribution < 1.29 is 90.3 Å². The van der Waals surface area contributed by atoms with E-state index in [1.807, 2.05) is 48.5 Å². The van der Waals surface area contributed by atoms with Crippen molar-refractivity contribution in [3.05, 3.63) is 83.4 Å². The number of piperazine rings is 1. The number of fused-ring (bicyclic) bond motifs is 3. The third kappa shape index (κ3) is 7.39. The van der Waals surface area contributed by atoms with E-state index < -0.39 is 35.6 Å². The molecular formula is C26H24BF4KN2O5S. The minimum atomic E-state index is -5.42. The Morgan fingerprint density at radius 3 is 2.02 bits per heavy atom. The number of rotatable bonds is 7. The molecule has 0 bridgehead atoms. The minimum absolute atomic E-state index is 0. The SMILES string of the molecule is O=C(OCC1c2ccccc2-c2ccccc21)N1CCN(c2cc(C[B-](F)(F)F)cc(OS(=O)(=O)F)c2)CC1.[K+]. The predicted octanol–water partition coefficient (Wildman–Crippen LogP) is 2.28. The Bertz CT molecular complexity index is 1450. The fourth-order valence-corrected chi connectivity index (χ4v) is 5.53. The average molecular weight is 602 g/mol. The van der Waals surface area contributed by atoms with Gasteiger partial charge in [0.25, 0.3) is 0 Å². The van der Waals surface area contributed by atoms with Gasteiger partial charge in [0.15, 0.2) is 0 Å². The standard InChI is InChI=1S/C26H24BF4N2O5S.K/c28-27(29,30)16-18-13-19(15-20(14-18)38-39(31,35)36)32-9-11-33(12-10-32)26(34)37-17-25-23-7-3-1-5-21(23)22-6-2-4-8-24(22)25;/h1-8,13-15,25H,9-12,16-17H2;/q-1;+1. The van der Waals surface area contributed by atoms with Crippen molar-refractivity contribution in [2.45, 2.75) is 12.2 Å². The summed E-state index contributed by atoms with van der Waals surface area (Å²) < 4.78 is 83.9. The summed E-state index contributed by atoms with van der Waals surface area (Å²) in [7, 11) is -5.42. The van der Waals surface area contributed by atoms with Gasteiger partial charge in [-0.25, -0.2) is 4.79 Å². The van der Waals surface area contributed by atoms with Crippen LogP contribution in [-0.4, -0.2) is 59.2 Å². The second kappa shape index (κ2) is 12.4. The van der Waals surface area contributed by atoms with Crippen LogP contribution in [0.25, 0.3) is 11.1 Å². The van der Waals surface area contributed by atoms with Crippen molar-refractivity contribution in [1.29, 1.82) is 0 Å². The number of anilines is 1. The average Bonchev–Trinajstić information content (AvgIpc) is 3.19. The van der Waals surface area contributed by atoms with Crippen LogP contribution in [0.15, 0.2) is 66.7 Å². The van der Waals surface area contributed by atoms with Gasteiger partial charge in [-0.1, -0.05) is 64.3 Å². The van der Waals surface area contributed by atoms with Gasteiger partial charge in [0.1, 0.15) is 12.4 Å². The van der Waals surface area contributed by atoms with Crippen LogP contribution in [0, 0.1) is 0 Å². The topological polar surface area (TPSA) is 76.2 Å². The van der Waals surface area contributed by atoms with Gasteiger partial charge in [-0.2, -0.15) is 8.42 Å². The quantitative estimate of drug-likeness (QED) is 0.235. The summed E-state index contributed by atoms with van der Waals surface area (Å²) in [5.74, 6) is -0.644. The van der Waals surface area contributed by atoms with Crippen molar-refractivity contribution >= 4 is 29.3 Å². The van der Waals surface area contributed by atoms with Crippen LogP contribution in [-0.2, 0) is 21.6 Å². The molecule has 206 valence electrons. The number of hydrogen-bond donors (Lipinski definition) is 0. The Kier molecular flexibility index (Phi) is 9.57. The molecule has 0 unspecified atom stereocenters. The molecule has 3 aromatic carbocycles. The number of carbonyl (C=O) groups is 1. The molecule has 7 nitrogen and oxygen atoms in total. The van der Waals surface area contributed by atoms with E-state index in [0.717, 1.165) is 34.4 Å². The molecule has 2 aliphatic rings. The normalized spacial score (nSPS) is 15.2. The second-order valence-electron chi connectivity index (χ2n) is 9.50. The molecule has 1 fully saturated rings. The van der Waals surface area contributed by atoms with Crippen LogP contribution in [0.2, 0.25) is 0 Å². The van der Waals surface area contributed by atoms with Gasteiger partial charge < -0.3 is 31.7 Å². The number of hydrogen-bond acceptors (Lipinski definition) is 6. The number of benzene rings is 3. The molecule has 0 aromatic heterocycles. The first-order chi connectivity index (χ1) is 18.5. The summed E-state index contributed by atoms with van der Waals surface area (Å²) in [5, 5.41) is 0. The zero-order chi connectivity index (χ0) is 27.8. The van der Waals surface area contributed by atoms with Crippen molar-refractivity contribution in [2.75, 3.05) is 37.7 Å². The van der Waals surface area contributed by atoms with E-state index in [4.69, 9.17) is 4.74 Å². The summed E-state index contributed by atoms with van der Waals surface area (Å²) in [6.45, 7) is -4.13. The first-order valence-corrected chi connectivity index (χ1v) is 13.6. The van der Waals surface area contributed by atoms with Crippen LogP contribution >= 0.6 is 0 Å². The summed E-state index contributed by atoms with van der Waals surface area (Å²) in [6, 6.07) is 19.2. The fourth-order valence-electron chi connectivity index (χ4n) is 5.21. The maximum atomic E-state index is 13.1. The van der Waals surface area contributed by atoms with E-state index in [9.17, 15) is 30.0 Å². The Morgan fingerprint density at radius 1 is 0.900 bits per heavy atom. The molecular weight excluding hydrogens is 578 g/mol. The van der Waals surface area contributed by atoms with E-state index in [2.05, 4.69) is 4.18 Å². The van der Waals surface area contributed by atoms with Crippen molar-refractivity contribution in [3.8, 4) is 16.9 Å². The number of amides is 1. The molecule has 1 aliphatic carbocycles. The molecule has 0 N–H and O–H groups in total. The first kappa shape index (κ1) is 30.9. The molecule has 0 saturated carbocycles. The van der Waals surface area contributed by atoms with E-state index in [0.29, 0.717) is 0 Å². The van der Waals surface area contributed by atoms with Crippen LogP contribution in [0.1, 0.15) is 22.6 Å². The summed E-state index contributed by atoms with van der Waals surface area (Å²) in [6.07, 6.45) is -1.78. The first-order valence-electron chi connectivity index (χ1n) is 12.3. The molecule has 14 heteroatoms. The van der Waals surface area contributed by atoms with Crippen molar-refractivity contribution in [2.24, 2.45) is 0 Å². The fraction of sp³-hybridized carbons (Fsp3) is 0.269. The number of nitrogens with zero attached hydrogens (tertiary/aromatic N) is 2. The Hall–Kier alpha value is -2.10. The summed E-state index contributed by atoms with van der Waals surface area (Å²) in [5.41, 5.74) is 4.38. The Labute approximate surface area is 272 Å². The Balaban J connectivity index is 0.00000370. The molecule has 1 amide bonds. The van der Waals surface area contributed by atoms with Crippen molar-refractivity contribution in [3.63, 3.8) is 0 Å². The molecule has 1 saturated heterocycles. The zero-order valence-corrected chi connectivity index (χ0v) is 25.5. The molecule has 3 aromatic rings. The summed E-state index contributed by atoms with van der Waals surface area (Å²) >= 11 is 0. The van der Waals surface area contributed by atoms with E-state index in [1.165, 1.54) is 11.0 Å².